The molecular formula is C24H24F2. The summed E-state index contributed by atoms with van der Waals surface area (Å²) in [4.78, 5) is 0. The Bertz CT molecular complexity index is 792. The highest BCUT2D eigenvalue weighted by molar-refractivity contribution is 5.52. The minimum Gasteiger partial charge on any atom is -0.207 e. The maximum atomic E-state index is 13.3. The number of alkyl halides is 2. The monoisotopic (exact) mass is 350 g/mol. The van der Waals surface area contributed by atoms with Gasteiger partial charge in [0.2, 0.25) is 5.92 Å². The van der Waals surface area contributed by atoms with Crippen LogP contribution in [-0.2, 0) is 0 Å². The number of hydrogen-bond donors (Lipinski definition) is 0. The molecule has 0 saturated heterocycles. The van der Waals surface area contributed by atoms with Crippen LogP contribution in [0.1, 0.15) is 67.2 Å². The predicted molar refractivity (Wildman–Crippen MR) is 104 cm³/mol. The molecule has 0 heterocycles. The van der Waals surface area contributed by atoms with Crippen LogP contribution in [0.3, 0.4) is 0 Å². The van der Waals surface area contributed by atoms with Crippen molar-refractivity contribution in [3.8, 4) is 11.8 Å². The van der Waals surface area contributed by atoms with E-state index in [1.165, 1.54) is 5.56 Å². The molecule has 0 aliphatic heterocycles. The third kappa shape index (κ3) is 5.05. The second kappa shape index (κ2) is 8.32. The molecule has 0 unspecified atom stereocenters. The van der Waals surface area contributed by atoms with Crippen molar-refractivity contribution in [3.05, 3.63) is 76.9 Å². The third-order valence-corrected chi connectivity index (χ3v) is 4.91. The largest absolute Gasteiger partial charge is 0.248 e. The summed E-state index contributed by atoms with van der Waals surface area (Å²) in [5.41, 5.74) is 4.26. The van der Waals surface area contributed by atoms with Crippen molar-refractivity contribution < 1.29 is 8.78 Å². The van der Waals surface area contributed by atoms with Crippen molar-refractivity contribution in [2.24, 2.45) is 0 Å². The molecule has 2 aromatic rings. The van der Waals surface area contributed by atoms with Crippen LogP contribution in [0.2, 0.25) is 0 Å². The summed E-state index contributed by atoms with van der Waals surface area (Å²) in [5, 5.41) is 0. The van der Waals surface area contributed by atoms with Crippen LogP contribution in [-0.4, -0.2) is 5.92 Å². The van der Waals surface area contributed by atoms with Crippen molar-refractivity contribution >= 4 is 6.08 Å². The smallest absolute Gasteiger partial charge is 0.207 e. The summed E-state index contributed by atoms with van der Waals surface area (Å²) in [7, 11) is 0. The first-order valence-corrected chi connectivity index (χ1v) is 9.32. The summed E-state index contributed by atoms with van der Waals surface area (Å²) >= 11 is 0. The zero-order valence-electron chi connectivity index (χ0n) is 15.1. The lowest BCUT2D eigenvalue weighted by Gasteiger charge is -2.28. The molecule has 3 rings (SSSR count). The molecule has 2 heteroatoms. The molecule has 0 amide bonds. The number of benzene rings is 2. The first-order chi connectivity index (χ1) is 12.6. The lowest BCUT2D eigenvalue weighted by molar-refractivity contribution is -0.0382. The van der Waals surface area contributed by atoms with E-state index in [2.05, 4.69) is 43.0 Å². The van der Waals surface area contributed by atoms with Crippen LogP contribution < -0.4 is 0 Å². The molecule has 0 spiro atoms. The van der Waals surface area contributed by atoms with Crippen LogP contribution in [0, 0.1) is 11.8 Å². The van der Waals surface area contributed by atoms with Crippen molar-refractivity contribution in [2.75, 3.05) is 0 Å². The second-order valence-corrected chi connectivity index (χ2v) is 6.93. The quantitative estimate of drug-likeness (QED) is 0.534. The molecule has 1 aliphatic carbocycles. The highest BCUT2D eigenvalue weighted by Gasteiger charge is 2.35. The van der Waals surface area contributed by atoms with E-state index < -0.39 is 5.92 Å². The van der Waals surface area contributed by atoms with E-state index >= 15 is 0 Å². The number of rotatable bonds is 3. The molecule has 0 atom stereocenters. The van der Waals surface area contributed by atoms with Crippen molar-refractivity contribution in [3.63, 3.8) is 0 Å². The summed E-state index contributed by atoms with van der Waals surface area (Å²) in [6, 6.07) is 16.3. The predicted octanol–water partition coefficient (Wildman–Crippen LogP) is 6.80. The highest BCUT2D eigenvalue weighted by Crippen LogP contribution is 2.40. The van der Waals surface area contributed by atoms with E-state index in [9.17, 15) is 8.78 Å². The normalized spacial score (nSPS) is 17.0. The molecule has 1 fully saturated rings. The fraction of sp³-hybridized carbons (Fsp3) is 0.333. The zero-order valence-corrected chi connectivity index (χ0v) is 15.1. The van der Waals surface area contributed by atoms with Crippen molar-refractivity contribution in [2.45, 2.75) is 50.9 Å². The van der Waals surface area contributed by atoms with Gasteiger partial charge in [0.1, 0.15) is 0 Å². The molecule has 2 aromatic carbocycles. The van der Waals surface area contributed by atoms with Crippen LogP contribution in [0.25, 0.3) is 6.08 Å². The summed E-state index contributed by atoms with van der Waals surface area (Å²) in [6.45, 7) is 2.12. The van der Waals surface area contributed by atoms with E-state index in [0.29, 0.717) is 12.8 Å². The van der Waals surface area contributed by atoms with Gasteiger partial charge in [-0.25, -0.2) is 8.78 Å². The number of halogens is 2. The van der Waals surface area contributed by atoms with Gasteiger partial charge in [-0.2, -0.15) is 0 Å². The van der Waals surface area contributed by atoms with Crippen molar-refractivity contribution in [1.82, 2.24) is 0 Å². The third-order valence-electron chi connectivity index (χ3n) is 4.91. The van der Waals surface area contributed by atoms with Crippen molar-refractivity contribution in [1.29, 1.82) is 0 Å². The Morgan fingerprint density at radius 3 is 2.00 bits per heavy atom. The molecule has 0 nitrogen and oxygen atoms in total. The van der Waals surface area contributed by atoms with Crippen LogP contribution in [0.15, 0.2) is 54.6 Å². The lowest BCUT2D eigenvalue weighted by atomic mass is 9.82. The van der Waals surface area contributed by atoms with Gasteiger partial charge < -0.3 is 0 Å². The molecule has 0 N–H and O–H groups in total. The van der Waals surface area contributed by atoms with Crippen LogP contribution in [0.5, 0.6) is 0 Å². The van der Waals surface area contributed by atoms with Gasteiger partial charge in [-0.3, -0.25) is 0 Å². The van der Waals surface area contributed by atoms with E-state index in [1.54, 1.807) is 0 Å². The Balaban J connectivity index is 1.63. The van der Waals surface area contributed by atoms with Gasteiger partial charge in [-0.1, -0.05) is 55.2 Å². The number of allylic oxidation sites excluding steroid dienone is 1. The first-order valence-electron chi connectivity index (χ1n) is 9.32. The SMILES string of the molecule is CC/C=C/c1ccc(C#Cc2ccc(C3CCC(F)(F)CC3)cc2)cc1. The lowest BCUT2D eigenvalue weighted by Crippen LogP contribution is -2.23. The van der Waals surface area contributed by atoms with E-state index in [1.807, 2.05) is 36.4 Å². The molecular weight excluding hydrogens is 326 g/mol. The molecule has 26 heavy (non-hydrogen) atoms. The zero-order chi connectivity index (χ0) is 18.4. The molecule has 134 valence electrons. The highest BCUT2D eigenvalue weighted by atomic mass is 19.3. The minimum atomic E-state index is -2.47. The van der Waals surface area contributed by atoms with Gasteiger partial charge in [0.25, 0.3) is 0 Å². The molecule has 1 saturated carbocycles. The summed E-state index contributed by atoms with van der Waals surface area (Å²) < 4.78 is 26.6. The van der Waals surface area contributed by atoms with Gasteiger partial charge in [0.05, 0.1) is 0 Å². The Labute approximate surface area is 155 Å². The summed E-state index contributed by atoms with van der Waals surface area (Å²) in [6.07, 6.45) is 6.41. The first kappa shape index (κ1) is 18.4. The fourth-order valence-electron chi connectivity index (χ4n) is 3.29. The van der Waals surface area contributed by atoms with Gasteiger partial charge >= 0.3 is 0 Å². The number of hydrogen-bond acceptors (Lipinski definition) is 0. The average molecular weight is 350 g/mol. The molecule has 0 aromatic heterocycles. The topological polar surface area (TPSA) is 0 Å². The van der Waals surface area contributed by atoms with E-state index in [0.717, 1.165) is 23.1 Å². The second-order valence-electron chi connectivity index (χ2n) is 6.93. The van der Waals surface area contributed by atoms with E-state index in [-0.39, 0.29) is 18.8 Å². The average Bonchev–Trinajstić information content (AvgIpc) is 2.66. The Hall–Kier alpha value is -2.40. The Morgan fingerprint density at radius 2 is 1.46 bits per heavy atom. The Morgan fingerprint density at radius 1 is 0.923 bits per heavy atom. The fourth-order valence-corrected chi connectivity index (χ4v) is 3.29. The van der Waals surface area contributed by atoms with Crippen LogP contribution >= 0.6 is 0 Å². The molecule has 0 radical (unpaired) electrons. The van der Waals surface area contributed by atoms with Gasteiger partial charge in [-0.15, -0.1) is 0 Å². The molecule has 1 aliphatic rings. The molecule has 0 bridgehead atoms. The van der Waals surface area contributed by atoms with Gasteiger partial charge in [0, 0.05) is 24.0 Å². The summed E-state index contributed by atoms with van der Waals surface area (Å²) in [5.74, 6) is 4.14. The van der Waals surface area contributed by atoms with E-state index in [4.69, 9.17) is 0 Å². The minimum absolute atomic E-state index is 0.00264. The standard InChI is InChI=1S/C24H24F2/c1-2-3-4-19-5-7-20(8-6-19)9-10-21-11-13-22(14-12-21)23-15-17-24(25,26)18-16-23/h3-8,11-14,23H,2,15-18H2,1H3/b4-3+. The van der Waals surface area contributed by atoms with Gasteiger partial charge in [-0.05, 0) is 60.6 Å². The van der Waals surface area contributed by atoms with Crippen LogP contribution in [0.4, 0.5) is 8.78 Å². The Kier molecular flexibility index (Phi) is 5.89. The van der Waals surface area contributed by atoms with Gasteiger partial charge in [0.15, 0.2) is 0 Å². The maximum absolute atomic E-state index is 13.3. The maximum Gasteiger partial charge on any atom is 0.248 e.